The van der Waals surface area contributed by atoms with E-state index < -0.39 is 5.97 Å². The van der Waals surface area contributed by atoms with Crippen molar-refractivity contribution in [2.75, 3.05) is 7.11 Å². The van der Waals surface area contributed by atoms with E-state index >= 15 is 0 Å². The molecule has 0 heterocycles. The van der Waals surface area contributed by atoms with Crippen LogP contribution in [-0.2, 0) is 16.0 Å². The highest BCUT2D eigenvalue weighted by atomic mass is 32.1. The van der Waals surface area contributed by atoms with Gasteiger partial charge in [0.15, 0.2) is 0 Å². The molecular weight excluding hydrogens is 196 g/mol. The topological polar surface area (TPSA) is 26.3 Å². The zero-order valence-electron chi connectivity index (χ0n) is 8.03. The average molecular weight is 208 g/mol. The van der Waals surface area contributed by atoms with Crippen molar-refractivity contribution in [3.8, 4) is 0 Å². The molecule has 0 unspecified atom stereocenters. The minimum Gasteiger partial charge on any atom is -0.465 e. The summed E-state index contributed by atoms with van der Waals surface area (Å²) < 4.78 is 4.52. The largest absolute Gasteiger partial charge is 0.465 e. The molecule has 0 aliphatic heterocycles. The van der Waals surface area contributed by atoms with Gasteiger partial charge in [0.2, 0.25) is 0 Å². The second-order valence-corrected chi connectivity index (χ2v) is 3.39. The van der Waals surface area contributed by atoms with Crippen LogP contribution in [0.15, 0.2) is 30.3 Å². The first-order valence-electron chi connectivity index (χ1n) is 4.39. The van der Waals surface area contributed by atoms with Gasteiger partial charge in [0, 0.05) is 0 Å². The van der Waals surface area contributed by atoms with E-state index in [1.807, 2.05) is 30.3 Å². The van der Waals surface area contributed by atoms with E-state index in [0.29, 0.717) is 11.3 Å². The predicted octanol–water partition coefficient (Wildman–Crippen LogP) is 2.16. The molecule has 0 saturated heterocycles. The van der Waals surface area contributed by atoms with Gasteiger partial charge < -0.3 is 4.74 Å². The van der Waals surface area contributed by atoms with Crippen LogP contribution in [0.5, 0.6) is 0 Å². The van der Waals surface area contributed by atoms with E-state index in [0.717, 1.165) is 6.42 Å². The molecule has 0 amide bonds. The lowest BCUT2D eigenvalue weighted by molar-refractivity contribution is -0.132. The summed E-state index contributed by atoms with van der Waals surface area (Å²) in [6.45, 7) is 0. The van der Waals surface area contributed by atoms with Crippen molar-refractivity contribution < 1.29 is 9.53 Å². The number of carbonyl (C=O) groups is 1. The summed E-state index contributed by atoms with van der Waals surface area (Å²) in [7, 11) is 1.34. The molecule has 2 nitrogen and oxygen atoms in total. The van der Waals surface area contributed by atoms with Gasteiger partial charge in [-0.2, -0.15) is 0 Å². The maximum atomic E-state index is 11.0. The zero-order valence-corrected chi connectivity index (χ0v) is 8.84. The second kappa shape index (κ2) is 5.50. The first-order valence-corrected chi connectivity index (χ1v) is 4.80. The molecule has 0 aliphatic carbocycles. The van der Waals surface area contributed by atoms with Gasteiger partial charge in [0.1, 0.15) is 4.86 Å². The van der Waals surface area contributed by atoms with Gasteiger partial charge in [-0.1, -0.05) is 42.5 Å². The van der Waals surface area contributed by atoms with Crippen LogP contribution in [0, 0.1) is 0 Å². The lowest BCUT2D eigenvalue weighted by atomic mass is 10.1. The first kappa shape index (κ1) is 10.9. The number of rotatable bonds is 4. The van der Waals surface area contributed by atoms with Crippen LogP contribution in [0.1, 0.15) is 12.0 Å². The summed E-state index contributed by atoms with van der Waals surface area (Å²) >= 11 is 4.90. The standard InChI is InChI=1S/C11H12O2S/c1-13-11(12)10(14)8-7-9-5-3-2-4-6-9/h2-6H,7-8H2,1H3. The molecule has 0 aromatic heterocycles. The van der Waals surface area contributed by atoms with Crippen molar-refractivity contribution in [3.63, 3.8) is 0 Å². The van der Waals surface area contributed by atoms with Crippen molar-refractivity contribution in [3.05, 3.63) is 35.9 Å². The van der Waals surface area contributed by atoms with Crippen molar-refractivity contribution in [1.29, 1.82) is 0 Å². The number of benzene rings is 1. The molecule has 14 heavy (non-hydrogen) atoms. The maximum absolute atomic E-state index is 11.0. The van der Waals surface area contributed by atoms with E-state index in [-0.39, 0.29) is 0 Å². The van der Waals surface area contributed by atoms with Crippen LogP contribution in [0.25, 0.3) is 0 Å². The molecular formula is C11H12O2S. The summed E-state index contributed by atoms with van der Waals surface area (Å²) in [5, 5.41) is 0. The zero-order chi connectivity index (χ0) is 10.4. The number of hydrogen-bond donors (Lipinski definition) is 0. The third kappa shape index (κ3) is 3.26. The average Bonchev–Trinajstić information content (AvgIpc) is 2.26. The fourth-order valence-corrected chi connectivity index (χ4v) is 1.30. The number of carbonyl (C=O) groups excluding carboxylic acids is 1. The fraction of sp³-hybridized carbons (Fsp3) is 0.273. The predicted molar refractivity (Wildman–Crippen MR) is 59.4 cm³/mol. The maximum Gasteiger partial charge on any atom is 0.344 e. The Morgan fingerprint density at radius 1 is 1.36 bits per heavy atom. The molecule has 0 fully saturated rings. The fourth-order valence-electron chi connectivity index (χ4n) is 1.12. The Labute approximate surface area is 88.9 Å². The number of aryl methyl sites for hydroxylation is 1. The van der Waals surface area contributed by atoms with Crippen LogP contribution in [0.4, 0.5) is 0 Å². The molecule has 0 N–H and O–H groups in total. The molecule has 0 saturated carbocycles. The van der Waals surface area contributed by atoms with Gasteiger partial charge in [-0.15, -0.1) is 0 Å². The Balaban J connectivity index is 2.42. The smallest absolute Gasteiger partial charge is 0.344 e. The summed E-state index contributed by atoms with van der Waals surface area (Å²) in [6.07, 6.45) is 1.36. The summed E-state index contributed by atoms with van der Waals surface area (Å²) in [5.74, 6) is -0.393. The molecule has 1 aromatic rings. The van der Waals surface area contributed by atoms with E-state index in [9.17, 15) is 4.79 Å². The highest BCUT2D eigenvalue weighted by Gasteiger charge is 2.08. The van der Waals surface area contributed by atoms with Crippen molar-refractivity contribution >= 4 is 23.1 Å². The van der Waals surface area contributed by atoms with Gasteiger partial charge in [0.25, 0.3) is 0 Å². The number of methoxy groups -OCH3 is 1. The molecule has 0 bridgehead atoms. The van der Waals surface area contributed by atoms with Crippen LogP contribution in [0.2, 0.25) is 0 Å². The van der Waals surface area contributed by atoms with Crippen LogP contribution < -0.4 is 0 Å². The molecule has 0 aliphatic rings. The van der Waals surface area contributed by atoms with Gasteiger partial charge in [-0.05, 0) is 18.4 Å². The van der Waals surface area contributed by atoms with E-state index in [2.05, 4.69) is 4.74 Å². The third-order valence-corrected chi connectivity index (χ3v) is 2.27. The Hall–Kier alpha value is -1.22. The number of hydrogen-bond acceptors (Lipinski definition) is 3. The Bertz CT molecular complexity index is 319. The van der Waals surface area contributed by atoms with Gasteiger partial charge in [-0.25, -0.2) is 4.79 Å². The Kier molecular flexibility index (Phi) is 4.26. The minimum atomic E-state index is -0.393. The van der Waals surface area contributed by atoms with E-state index in [4.69, 9.17) is 12.2 Å². The third-order valence-electron chi connectivity index (χ3n) is 1.90. The lowest BCUT2D eigenvalue weighted by Crippen LogP contribution is -2.13. The summed E-state index contributed by atoms with van der Waals surface area (Å²) in [6, 6.07) is 9.93. The first-order chi connectivity index (χ1) is 6.74. The van der Waals surface area contributed by atoms with Gasteiger partial charge >= 0.3 is 5.97 Å². The highest BCUT2D eigenvalue weighted by molar-refractivity contribution is 7.82. The minimum absolute atomic E-state index is 0.358. The van der Waals surface area contributed by atoms with Gasteiger partial charge in [0.05, 0.1) is 7.11 Å². The van der Waals surface area contributed by atoms with Crippen LogP contribution in [-0.4, -0.2) is 17.9 Å². The van der Waals surface area contributed by atoms with E-state index in [1.165, 1.54) is 12.7 Å². The van der Waals surface area contributed by atoms with Crippen LogP contribution in [0.3, 0.4) is 0 Å². The molecule has 1 aromatic carbocycles. The molecule has 0 atom stereocenters. The Morgan fingerprint density at radius 2 is 2.00 bits per heavy atom. The van der Waals surface area contributed by atoms with Crippen molar-refractivity contribution in [2.45, 2.75) is 12.8 Å². The van der Waals surface area contributed by atoms with Gasteiger partial charge in [-0.3, -0.25) is 0 Å². The molecule has 1 rings (SSSR count). The summed E-state index contributed by atoms with van der Waals surface area (Å²) in [5.41, 5.74) is 1.18. The number of ether oxygens (including phenoxy) is 1. The van der Waals surface area contributed by atoms with Crippen molar-refractivity contribution in [2.24, 2.45) is 0 Å². The highest BCUT2D eigenvalue weighted by Crippen LogP contribution is 2.04. The van der Waals surface area contributed by atoms with Crippen molar-refractivity contribution in [1.82, 2.24) is 0 Å². The second-order valence-electron chi connectivity index (χ2n) is 2.90. The quantitative estimate of drug-likeness (QED) is 0.560. The lowest BCUT2D eigenvalue weighted by Gasteiger charge is -2.01. The molecule has 0 spiro atoms. The monoisotopic (exact) mass is 208 g/mol. The Morgan fingerprint density at radius 3 is 2.57 bits per heavy atom. The molecule has 3 heteroatoms. The summed E-state index contributed by atoms with van der Waals surface area (Å²) in [4.78, 5) is 11.3. The van der Waals surface area contributed by atoms with Crippen LogP contribution >= 0.6 is 12.2 Å². The number of thiocarbonyl (C=S) groups is 1. The number of esters is 1. The molecule has 0 radical (unpaired) electrons. The normalized spacial score (nSPS) is 9.50. The van der Waals surface area contributed by atoms with E-state index in [1.54, 1.807) is 0 Å². The molecule has 74 valence electrons. The SMILES string of the molecule is COC(=O)C(=S)CCc1ccccc1.